The van der Waals surface area contributed by atoms with Gasteiger partial charge in [-0.05, 0) is 12.1 Å². The Morgan fingerprint density at radius 1 is 1.12 bits per heavy atom. The lowest BCUT2D eigenvalue weighted by atomic mass is 10.1. The van der Waals surface area contributed by atoms with Crippen molar-refractivity contribution >= 4 is 22.8 Å². The highest BCUT2D eigenvalue weighted by atomic mass is 16.5. The second kappa shape index (κ2) is 6.54. The van der Waals surface area contributed by atoms with Gasteiger partial charge >= 0.3 is 5.97 Å². The number of amides is 1. The SMILES string of the molecule is CN(C)C(=O)[C@H](OC(=O)c1ccc2cn[nH]c2c1)c1ccccc1. The number of fused-ring (bicyclic) bond motifs is 1. The van der Waals surface area contributed by atoms with Gasteiger partial charge in [-0.15, -0.1) is 0 Å². The van der Waals surface area contributed by atoms with E-state index >= 15 is 0 Å². The van der Waals surface area contributed by atoms with E-state index in [4.69, 9.17) is 4.74 Å². The van der Waals surface area contributed by atoms with Crippen LogP contribution >= 0.6 is 0 Å². The van der Waals surface area contributed by atoms with Gasteiger partial charge in [0.1, 0.15) is 0 Å². The maximum absolute atomic E-state index is 12.5. The molecule has 1 atom stereocenters. The fourth-order valence-electron chi connectivity index (χ4n) is 2.36. The number of H-pyrrole nitrogens is 1. The lowest BCUT2D eigenvalue weighted by Crippen LogP contribution is -2.31. The average molecular weight is 323 g/mol. The highest BCUT2D eigenvalue weighted by molar-refractivity contribution is 5.96. The maximum atomic E-state index is 12.5. The summed E-state index contributed by atoms with van der Waals surface area (Å²) in [5, 5.41) is 7.63. The monoisotopic (exact) mass is 323 g/mol. The van der Waals surface area contributed by atoms with Gasteiger partial charge in [0.2, 0.25) is 6.10 Å². The van der Waals surface area contributed by atoms with Crippen molar-refractivity contribution in [3.63, 3.8) is 0 Å². The van der Waals surface area contributed by atoms with Crippen LogP contribution in [0.5, 0.6) is 0 Å². The summed E-state index contributed by atoms with van der Waals surface area (Å²) in [6.07, 6.45) is 0.693. The summed E-state index contributed by atoms with van der Waals surface area (Å²) >= 11 is 0. The number of nitrogens with one attached hydrogen (secondary N) is 1. The molecule has 0 radical (unpaired) electrons. The van der Waals surface area contributed by atoms with Crippen LogP contribution in [-0.4, -0.2) is 41.1 Å². The normalized spacial score (nSPS) is 11.9. The fourth-order valence-corrected chi connectivity index (χ4v) is 2.36. The molecule has 24 heavy (non-hydrogen) atoms. The molecule has 2 aromatic carbocycles. The molecular formula is C18H17N3O3. The molecule has 0 saturated carbocycles. The van der Waals surface area contributed by atoms with Gasteiger partial charge in [0, 0.05) is 25.0 Å². The molecule has 0 unspecified atom stereocenters. The molecule has 6 nitrogen and oxygen atoms in total. The van der Waals surface area contributed by atoms with Crippen LogP contribution in [0, 0.1) is 0 Å². The van der Waals surface area contributed by atoms with Gasteiger partial charge in [-0.3, -0.25) is 9.89 Å². The Bertz CT molecular complexity index is 871. The number of carbonyl (C=O) groups excluding carboxylic acids is 2. The molecule has 1 heterocycles. The van der Waals surface area contributed by atoms with Gasteiger partial charge in [0.05, 0.1) is 17.3 Å². The van der Waals surface area contributed by atoms with Crippen LogP contribution in [0.1, 0.15) is 22.0 Å². The van der Waals surface area contributed by atoms with Crippen molar-refractivity contribution < 1.29 is 14.3 Å². The first-order valence-electron chi connectivity index (χ1n) is 7.46. The van der Waals surface area contributed by atoms with Crippen LogP contribution < -0.4 is 0 Å². The molecule has 3 aromatic rings. The first-order valence-corrected chi connectivity index (χ1v) is 7.46. The highest BCUT2D eigenvalue weighted by Gasteiger charge is 2.27. The molecule has 1 amide bonds. The molecule has 1 N–H and O–H groups in total. The Labute approximate surface area is 139 Å². The third-order valence-corrected chi connectivity index (χ3v) is 3.67. The number of esters is 1. The van der Waals surface area contributed by atoms with Gasteiger partial charge in [-0.25, -0.2) is 4.79 Å². The van der Waals surface area contributed by atoms with E-state index < -0.39 is 12.1 Å². The molecule has 0 fully saturated rings. The number of aromatic nitrogens is 2. The van der Waals surface area contributed by atoms with Crippen LogP contribution in [0.25, 0.3) is 10.9 Å². The lowest BCUT2D eigenvalue weighted by molar-refractivity contribution is -0.138. The van der Waals surface area contributed by atoms with E-state index in [1.807, 2.05) is 6.07 Å². The Kier molecular flexibility index (Phi) is 4.29. The number of likely N-dealkylation sites (N-methyl/N-ethyl adjacent to an activating group) is 1. The van der Waals surface area contributed by atoms with Gasteiger partial charge < -0.3 is 9.64 Å². The van der Waals surface area contributed by atoms with Crippen molar-refractivity contribution in [1.82, 2.24) is 15.1 Å². The minimum atomic E-state index is -0.980. The van der Waals surface area contributed by atoms with Crippen molar-refractivity contribution in [2.45, 2.75) is 6.10 Å². The maximum Gasteiger partial charge on any atom is 0.339 e. The standard InChI is InChI=1S/C18H17N3O3/c1-21(2)17(22)16(12-6-4-3-5-7-12)24-18(23)13-8-9-14-11-19-20-15(14)10-13/h3-11,16H,1-2H3,(H,19,20)/t16-/m1/s1. The van der Waals surface area contributed by atoms with Crippen molar-refractivity contribution in [1.29, 1.82) is 0 Å². The highest BCUT2D eigenvalue weighted by Crippen LogP contribution is 2.22. The minimum Gasteiger partial charge on any atom is -0.444 e. The summed E-state index contributed by atoms with van der Waals surface area (Å²) in [7, 11) is 3.26. The number of benzene rings is 2. The molecule has 0 bridgehead atoms. The van der Waals surface area contributed by atoms with Crippen LogP contribution in [0.15, 0.2) is 54.7 Å². The molecule has 0 aliphatic rings. The second-order valence-electron chi connectivity index (χ2n) is 5.60. The number of nitrogens with zero attached hydrogens (tertiary/aromatic N) is 2. The van der Waals surface area contributed by atoms with Crippen LogP contribution in [0.2, 0.25) is 0 Å². The molecule has 0 aliphatic carbocycles. The van der Waals surface area contributed by atoms with Crippen molar-refractivity contribution in [3.05, 3.63) is 65.9 Å². The van der Waals surface area contributed by atoms with Gasteiger partial charge in [-0.2, -0.15) is 5.10 Å². The number of hydrogen-bond donors (Lipinski definition) is 1. The van der Waals surface area contributed by atoms with E-state index in [0.717, 1.165) is 10.9 Å². The zero-order chi connectivity index (χ0) is 17.1. The third kappa shape index (κ3) is 3.12. The number of rotatable bonds is 4. The number of aromatic amines is 1. The zero-order valence-corrected chi connectivity index (χ0v) is 13.4. The molecule has 0 spiro atoms. The predicted octanol–water partition coefficient (Wildman–Crippen LogP) is 2.55. The summed E-state index contributed by atoms with van der Waals surface area (Å²) in [4.78, 5) is 26.3. The molecule has 0 aliphatic heterocycles. The van der Waals surface area contributed by atoms with Crippen molar-refractivity contribution in [3.8, 4) is 0 Å². The molecular weight excluding hydrogens is 306 g/mol. The fraction of sp³-hybridized carbons (Fsp3) is 0.167. The molecule has 122 valence electrons. The Hall–Kier alpha value is -3.15. The van der Waals surface area contributed by atoms with E-state index in [1.54, 1.807) is 62.8 Å². The molecule has 1 aromatic heterocycles. The van der Waals surface area contributed by atoms with Gasteiger partial charge in [0.25, 0.3) is 5.91 Å². The quantitative estimate of drug-likeness (QED) is 0.749. The van der Waals surface area contributed by atoms with Gasteiger partial charge in [0.15, 0.2) is 0 Å². The topological polar surface area (TPSA) is 75.3 Å². The van der Waals surface area contributed by atoms with Crippen LogP contribution in [0.3, 0.4) is 0 Å². The van der Waals surface area contributed by atoms with Gasteiger partial charge in [-0.1, -0.05) is 36.4 Å². The smallest absolute Gasteiger partial charge is 0.339 e. The largest absolute Gasteiger partial charge is 0.444 e. The zero-order valence-electron chi connectivity index (χ0n) is 13.4. The van der Waals surface area contributed by atoms with Crippen LogP contribution in [-0.2, 0) is 9.53 Å². The number of hydrogen-bond acceptors (Lipinski definition) is 4. The minimum absolute atomic E-state index is 0.294. The van der Waals surface area contributed by atoms with E-state index in [9.17, 15) is 9.59 Å². The molecule has 3 rings (SSSR count). The Morgan fingerprint density at radius 3 is 2.58 bits per heavy atom. The van der Waals surface area contributed by atoms with Crippen LogP contribution in [0.4, 0.5) is 0 Å². The third-order valence-electron chi connectivity index (χ3n) is 3.67. The Balaban J connectivity index is 1.88. The summed E-state index contributed by atoms with van der Waals surface area (Å²) in [5.41, 5.74) is 1.73. The molecule has 6 heteroatoms. The second-order valence-corrected chi connectivity index (χ2v) is 5.60. The number of ether oxygens (including phenoxy) is 1. The lowest BCUT2D eigenvalue weighted by Gasteiger charge is -2.21. The summed E-state index contributed by atoms with van der Waals surface area (Å²) < 4.78 is 5.51. The summed E-state index contributed by atoms with van der Waals surface area (Å²) in [6.45, 7) is 0. The first kappa shape index (κ1) is 15.7. The van der Waals surface area contributed by atoms with Crippen molar-refractivity contribution in [2.75, 3.05) is 14.1 Å². The van der Waals surface area contributed by atoms with E-state index in [1.165, 1.54) is 4.90 Å². The first-order chi connectivity index (χ1) is 11.6. The average Bonchev–Trinajstić information content (AvgIpc) is 3.07. The van der Waals surface area contributed by atoms with E-state index in [-0.39, 0.29) is 5.91 Å². The van der Waals surface area contributed by atoms with E-state index in [0.29, 0.717) is 11.1 Å². The van der Waals surface area contributed by atoms with E-state index in [2.05, 4.69) is 10.2 Å². The number of carbonyl (C=O) groups is 2. The van der Waals surface area contributed by atoms with Crippen molar-refractivity contribution in [2.24, 2.45) is 0 Å². The predicted molar refractivity (Wildman–Crippen MR) is 89.4 cm³/mol. The summed E-state index contributed by atoms with van der Waals surface area (Å²) in [6, 6.07) is 14.1. The Morgan fingerprint density at radius 2 is 1.88 bits per heavy atom. The summed E-state index contributed by atoms with van der Waals surface area (Å²) in [5.74, 6) is -0.854. The molecule has 0 saturated heterocycles.